The van der Waals surface area contributed by atoms with E-state index >= 15 is 0 Å². The molecule has 0 atom stereocenters. The molecule has 132 valence electrons. The third-order valence-corrected chi connectivity index (χ3v) is 5.32. The number of morpholine rings is 1. The van der Waals surface area contributed by atoms with Crippen molar-refractivity contribution in [3.63, 3.8) is 0 Å². The molecule has 1 saturated heterocycles. The Morgan fingerprint density at radius 2 is 1.64 bits per heavy atom. The lowest BCUT2D eigenvalue weighted by Crippen LogP contribution is -2.46. The highest BCUT2D eigenvalue weighted by Crippen LogP contribution is 2.05. The van der Waals surface area contributed by atoms with Crippen LogP contribution in [0.1, 0.15) is 51.9 Å². The predicted octanol–water partition coefficient (Wildman–Crippen LogP) is 1.92. The molecule has 1 N–H and O–H groups in total. The standard InChI is InChI=1S/C15H32N2O4S/c1-2-3-4-5-6-7-12-20-13-8-9-16-22(18,19)17-10-14-21-15-11-17/h16H,2-15H2,1H3. The SMILES string of the molecule is CCCCCCCCOCCCNS(=O)(=O)N1CCOCC1. The van der Waals surface area contributed by atoms with Crippen LogP contribution in [0.2, 0.25) is 0 Å². The Hall–Kier alpha value is -0.210. The highest BCUT2D eigenvalue weighted by Gasteiger charge is 2.23. The predicted molar refractivity (Wildman–Crippen MR) is 88.1 cm³/mol. The van der Waals surface area contributed by atoms with Gasteiger partial charge in [-0.15, -0.1) is 0 Å². The fourth-order valence-electron chi connectivity index (χ4n) is 2.34. The molecule has 0 unspecified atom stereocenters. The van der Waals surface area contributed by atoms with Crippen LogP contribution in [0.5, 0.6) is 0 Å². The number of unbranched alkanes of at least 4 members (excludes halogenated alkanes) is 5. The second-order valence-electron chi connectivity index (χ2n) is 5.64. The van der Waals surface area contributed by atoms with E-state index in [4.69, 9.17) is 9.47 Å². The van der Waals surface area contributed by atoms with Crippen molar-refractivity contribution in [1.82, 2.24) is 9.03 Å². The molecule has 7 heteroatoms. The summed E-state index contributed by atoms with van der Waals surface area (Å²) in [6.45, 7) is 5.85. The minimum absolute atomic E-state index is 0.427. The van der Waals surface area contributed by atoms with Crippen LogP contribution in [-0.4, -0.2) is 58.8 Å². The molecule has 0 saturated carbocycles. The molecule has 0 aromatic heterocycles. The molecule has 1 aliphatic rings. The molecule has 1 fully saturated rings. The first-order valence-electron chi connectivity index (χ1n) is 8.57. The van der Waals surface area contributed by atoms with Crippen LogP contribution in [0.25, 0.3) is 0 Å². The Bertz CT molecular complexity index is 357. The van der Waals surface area contributed by atoms with E-state index in [-0.39, 0.29) is 0 Å². The lowest BCUT2D eigenvalue weighted by atomic mass is 10.1. The van der Waals surface area contributed by atoms with E-state index in [1.165, 1.54) is 36.4 Å². The van der Waals surface area contributed by atoms with Crippen LogP contribution >= 0.6 is 0 Å². The van der Waals surface area contributed by atoms with Crippen molar-refractivity contribution in [3.05, 3.63) is 0 Å². The van der Waals surface area contributed by atoms with E-state index in [9.17, 15) is 8.42 Å². The smallest absolute Gasteiger partial charge is 0.279 e. The van der Waals surface area contributed by atoms with Crippen LogP contribution in [0.4, 0.5) is 0 Å². The Kier molecular flexibility index (Phi) is 11.0. The number of ether oxygens (including phenoxy) is 2. The molecule has 0 radical (unpaired) electrons. The van der Waals surface area contributed by atoms with Gasteiger partial charge in [-0.2, -0.15) is 12.7 Å². The Labute approximate surface area is 135 Å². The fourth-order valence-corrected chi connectivity index (χ4v) is 3.55. The summed E-state index contributed by atoms with van der Waals surface area (Å²) in [5, 5.41) is 0. The monoisotopic (exact) mass is 336 g/mol. The van der Waals surface area contributed by atoms with E-state index < -0.39 is 10.2 Å². The minimum atomic E-state index is -3.35. The van der Waals surface area contributed by atoms with Gasteiger partial charge in [-0.25, -0.2) is 4.72 Å². The summed E-state index contributed by atoms with van der Waals surface area (Å²) in [5.41, 5.74) is 0. The summed E-state index contributed by atoms with van der Waals surface area (Å²) in [5.74, 6) is 0. The summed E-state index contributed by atoms with van der Waals surface area (Å²) in [6, 6.07) is 0. The maximum atomic E-state index is 12.0. The van der Waals surface area contributed by atoms with E-state index in [0.717, 1.165) is 13.0 Å². The molecule has 6 nitrogen and oxygen atoms in total. The average Bonchev–Trinajstić information content (AvgIpc) is 2.53. The number of rotatable bonds is 13. The molecule has 0 amide bonds. The zero-order valence-corrected chi connectivity index (χ0v) is 14.7. The molecule has 0 aromatic rings. The zero-order valence-electron chi connectivity index (χ0n) is 13.9. The lowest BCUT2D eigenvalue weighted by molar-refractivity contribution is 0.0724. The van der Waals surface area contributed by atoms with Gasteiger partial charge in [0, 0.05) is 32.8 Å². The van der Waals surface area contributed by atoms with Gasteiger partial charge in [-0.1, -0.05) is 39.0 Å². The molecule has 0 aliphatic carbocycles. The Morgan fingerprint density at radius 1 is 1.00 bits per heavy atom. The first-order chi connectivity index (χ1) is 10.7. The maximum Gasteiger partial charge on any atom is 0.279 e. The quantitative estimate of drug-likeness (QED) is 0.522. The van der Waals surface area contributed by atoms with Gasteiger partial charge in [0.15, 0.2) is 0 Å². The molecule has 0 bridgehead atoms. The van der Waals surface area contributed by atoms with Gasteiger partial charge in [-0.05, 0) is 12.8 Å². The van der Waals surface area contributed by atoms with E-state index in [1.807, 2.05) is 0 Å². The summed E-state index contributed by atoms with van der Waals surface area (Å²) in [6.07, 6.45) is 8.24. The second-order valence-corrected chi connectivity index (χ2v) is 7.40. The Balaban J connectivity index is 1.92. The van der Waals surface area contributed by atoms with Gasteiger partial charge < -0.3 is 9.47 Å². The molecule has 1 heterocycles. The van der Waals surface area contributed by atoms with Crippen molar-refractivity contribution in [1.29, 1.82) is 0 Å². The Morgan fingerprint density at radius 3 is 2.36 bits per heavy atom. The summed E-state index contributed by atoms with van der Waals surface area (Å²) >= 11 is 0. The molecule has 1 rings (SSSR count). The van der Waals surface area contributed by atoms with Crippen molar-refractivity contribution in [2.75, 3.05) is 46.1 Å². The number of hydrogen-bond acceptors (Lipinski definition) is 4. The molecule has 1 aliphatic heterocycles. The maximum absolute atomic E-state index is 12.0. The third kappa shape index (κ3) is 9.05. The molecule has 0 spiro atoms. The van der Waals surface area contributed by atoms with Gasteiger partial charge >= 0.3 is 0 Å². The van der Waals surface area contributed by atoms with Crippen molar-refractivity contribution in [2.45, 2.75) is 51.9 Å². The second kappa shape index (κ2) is 12.2. The van der Waals surface area contributed by atoms with E-state index in [2.05, 4.69) is 11.6 Å². The van der Waals surface area contributed by atoms with Crippen molar-refractivity contribution in [3.8, 4) is 0 Å². The summed E-state index contributed by atoms with van der Waals surface area (Å²) < 4.78 is 38.7. The van der Waals surface area contributed by atoms with Gasteiger partial charge in [-0.3, -0.25) is 0 Å². The van der Waals surface area contributed by atoms with Crippen molar-refractivity contribution in [2.24, 2.45) is 0 Å². The zero-order chi connectivity index (χ0) is 16.1. The van der Waals surface area contributed by atoms with Crippen LogP contribution in [0.3, 0.4) is 0 Å². The van der Waals surface area contributed by atoms with Crippen LogP contribution < -0.4 is 4.72 Å². The largest absolute Gasteiger partial charge is 0.381 e. The normalized spacial score (nSPS) is 17.0. The number of hydrogen-bond donors (Lipinski definition) is 1. The fraction of sp³-hybridized carbons (Fsp3) is 1.00. The minimum Gasteiger partial charge on any atom is -0.381 e. The molecule has 22 heavy (non-hydrogen) atoms. The number of nitrogens with one attached hydrogen (secondary N) is 1. The highest BCUT2D eigenvalue weighted by molar-refractivity contribution is 7.87. The van der Waals surface area contributed by atoms with Gasteiger partial charge in [0.1, 0.15) is 0 Å². The van der Waals surface area contributed by atoms with E-state index in [1.54, 1.807) is 0 Å². The van der Waals surface area contributed by atoms with Crippen LogP contribution in [-0.2, 0) is 19.7 Å². The lowest BCUT2D eigenvalue weighted by Gasteiger charge is -2.26. The van der Waals surface area contributed by atoms with Gasteiger partial charge in [0.25, 0.3) is 10.2 Å². The summed E-state index contributed by atoms with van der Waals surface area (Å²) in [4.78, 5) is 0. The van der Waals surface area contributed by atoms with Gasteiger partial charge in [0.05, 0.1) is 13.2 Å². The topological polar surface area (TPSA) is 67.9 Å². The molecular weight excluding hydrogens is 304 g/mol. The number of nitrogens with zero attached hydrogens (tertiary/aromatic N) is 1. The summed E-state index contributed by atoms with van der Waals surface area (Å²) in [7, 11) is -3.35. The van der Waals surface area contributed by atoms with Crippen LogP contribution in [0, 0.1) is 0 Å². The molecular formula is C15H32N2O4S. The van der Waals surface area contributed by atoms with Crippen molar-refractivity contribution < 1.29 is 17.9 Å². The van der Waals surface area contributed by atoms with Crippen molar-refractivity contribution >= 4 is 10.2 Å². The third-order valence-electron chi connectivity index (χ3n) is 3.70. The van der Waals surface area contributed by atoms with E-state index in [0.29, 0.717) is 45.9 Å². The highest BCUT2D eigenvalue weighted by atomic mass is 32.2. The first-order valence-corrected chi connectivity index (χ1v) is 10.0. The van der Waals surface area contributed by atoms with Gasteiger partial charge in [0.2, 0.25) is 0 Å². The average molecular weight is 336 g/mol. The van der Waals surface area contributed by atoms with Crippen LogP contribution in [0.15, 0.2) is 0 Å². The first kappa shape index (κ1) is 19.8. The molecule has 0 aromatic carbocycles.